The molecule has 1 fully saturated rings. The molecule has 32 heavy (non-hydrogen) atoms. The van der Waals surface area contributed by atoms with Crippen LogP contribution in [0, 0.1) is 0 Å². The molecule has 1 heterocycles. The largest absolute Gasteiger partial charge is 0.337 e. The smallest absolute Gasteiger partial charge is 0.253 e. The van der Waals surface area contributed by atoms with Crippen molar-refractivity contribution in [2.75, 3.05) is 26.2 Å². The molecule has 0 atom stereocenters. The lowest BCUT2D eigenvalue weighted by molar-refractivity contribution is 0.0719. The average molecular weight is 435 g/mol. The maximum absolute atomic E-state index is 13.0. The molecule has 1 saturated heterocycles. The van der Waals surface area contributed by atoms with E-state index < -0.39 is 0 Å². The number of allylic oxidation sites excluding steroid dienone is 1. The van der Waals surface area contributed by atoms with Crippen molar-refractivity contribution in [1.82, 2.24) is 9.80 Å². The molecule has 0 aromatic heterocycles. The third kappa shape index (κ3) is 7.23. The van der Waals surface area contributed by atoms with Crippen LogP contribution in [-0.4, -0.2) is 47.8 Å². The number of carbonyl (C=O) groups excluding carboxylic acids is 2. The van der Waals surface area contributed by atoms with Crippen LogP contribution in [0.3, 0.4) is 0 Å². The van der Waals surface area contributed by atoms with Crippen LogP contribution in [0.2, 0.25) is 0 Å². The average Bonchev–Trinajstić information content (AvgIpc) is 3.13. The van der Waals surface area contributed by atoms with Crippen molar-refractivity contribution in [2.24, 2.45) is 0 Å². The van der Waals surface area contributed by atoms with Gasteiger partial charge in [0.2, 0.25) is 0 Å². The molecule has 4 heteroatoms. The van der Waals surface area contributed by atoms with E-state index in [0.29, 0.717) is 37.3 Å². The molecule has 2 aromatic rings. The van der Waals surface area contributed by atoms with Crippen molar-refractivity contribution in [3.05, 3.63) is 83.4 Å². The molecular formula is C28H38N2O2. The molecule has 0 spiro atoms. The minimum absolute atomic E-state index is 0.00383. The summed E-state index contributed by atoms with van der Waals surface area (Å²) in [7, 11) is 0. The van der Waals surface area contributed by atoms with Gasteiger partial charge in [0.1, 0.15) is 0 Å². The highest BCUT2D eigenvalue weighted by Crippen LogP contribution is 2.18. The summed E-state index contributed by atoms with van der Waals surface area (Å²) in [5.41, 5.74) is 3.34. The van der Waals surface area contributed by atoms with Crippen molar-refractivity contribution in [3.63, 3.8) is 0 Å². The Hall–Kier alpha value is -3.14. The molecule has 172 valence electrons. The lowest BCUT2D eigenvalue weighted by atomic mass is 10.0. The first-order valence-corrected chi connectivity index (χ1v) is 11.7. The van der Waals surface area contributed by atoms with Crippen LogP contribution < -0.4 is 0 Å². The zero-order valence-electron chi connectivity index (χ0n) is 20.3. The summed E-state index contributed by atoms with van der Waals surface area (Å²) in [4.78, 5) is 29.4. The van der Waals surface area contributed by atoms with Gasteiger partial charge in [0.25, 0.3) is 11.8 Å². The van der Waals surface area contributed by atoms with E-state index in [9.17, 15) is 9.59 Å². The monoisotopic (exact) mass is 434 g/mol. The number of rotatable bonds is 4. The maximum atomic E-state index is 13.0. The maximum Gasteiger partial charge on any atom is 0.253 e. The Kier molecular flexibility index (Phi) is 12.4. The van der Waals surface area contributed by atoms with E-state index >= 15 is 0 Å². The fourth-order valence-corrected chi connectivity index (χ4v) is 3.49. The summed E-state index contributed by atoms with van der Waals surface area (Å²) in [5, 5.41) is 0. The van der Waals surface area contributed by atoms with Gasteiger partial charge < -0.3 is 9.80 Å². The van der Waals surface area contributed by atoms with E-state index in [2.05, 4.69) is 6.58 Å². The normalized spacial score (nSPS) is 13.3. The van der Waals surface area contributed by atoms with Crippen LogP contribution in [0.4, 0.5) is 0 Å². The SMILES string of the molecule is C=Cc1cc(C(=O)N2CCCN(C(=O)c3ccccc3)CC2)ccc1/C=C\C.CC.CC. The van der Waals surface area contributed by atoms with Crippen LogP contribution >= 0.6 is 0 Å². The molecule has 0 unspecified atom stereocenters. The van der Waals surface area contributed by atoms with Gasteiger partial charge in [0.15, 0.2) is 0 Å². The Morgan fingerprint density at radius 2 is 1.34 bits per heavy atom. The van der Waals surface area contributed by atoms with Gasteiger partial charge in [0.05, 0.1) is 0 Å². The molecule has 1 aliphatic heterocycles. The summed E-state index contributed by atoms with van der Waals surface area (Å²) in [6.07, 6.45) is 6.52. The number of hydrogen-bond donors (Lipinski definition) is 0. The van der Waals surface area contributed by atoms with Crippen LogP contribution in [0.5, 0.6) is 0 Å². The summed E-state index contributed by atoms with van der Waals surface area (Å²) in [5.74, 6) is 0.0312. The number of benzene rings is 2. The van der Waals surface area contributed by atoms with Gasteiger partial charge in [-0.05, 0) is 48.7 Å². The quantitative estimate of drug-likeness (QED) is 0.558. The third-order valence-corrected chi connectivity index (χ3v) is 4.99. The van der Waals surface area contributed by atoms with Gasteiger partial charge >= 0.3 is 0 Å². The predicted octanol–water partition coefficient (Wildman–Crippen LogP) is 6.40. The number of carbonyl (C=O) groups is 2. The summed E-state index contributed by atoms with van der Waals surface area (Å²) >= 11 is 0. The Balaban J connectivity index is 0.00000121. The predicted molar refractivity (Wildman–Crippen MR) is 137 cm³/mol. The Morgan fingerprint density at radius 1 is 0.781 bits per heavy atom. The van der Waals surface area contributed by atoms with Crippen molar-refractivity contribution >= 4 is 24.0 Å². The van der Waals surface area contributed by atoms with Gasteiger partial charge in [-0.25, -0.2) is 0 Å². The van der Waals surface area contributed by atoms with Gasteiger partial charge in [-0.2, -0.15) is 0 Å². The van der Waals surface area contributed by atoms with Crippen LogP contribution in [-0.2, 0) is 0 Å². The van der Waals surface area contributed by atoms with Gasteiger partial charge in [-0.1, -0.05) is 76.8 Å². The van der Waals surface area contributed by atoms with E-state index in [0.717, 1.165) is 17.5 Å². The Labute approximate surface area is 194 Å². The fraction of sp³-hybridized carbons (Fsp3) is 0.357. The third-order valence-electron chi connectivity index (χ3n) is 4.99. The first-order chi connectivity index (χ1) is 15.6. The second kappa shape index (κ2) is 14.8. The highest BCUT2D eigenvalue weighted by molar-refractivity contribution is 5.96. The molecule has 4 nitrogen and oxygen atoms in total. The molecule has 0 bridgehead atoms. The van der Waals surface area contributed by atoms with Crippen molar-refractivity contribution in [3.8, 4) is 0 Å². The zero-order valence-corrected chi connectivity index (χ0v) is 20.3. The molecule has 0 saturated carbocycles. The standard InChI is InChI=1S/C24H26N2O2.2C2H6/c1-3-9-20-12-13-22(18-19(20)4-2)24(28)26-15-8-14-25(16-17-26)23(27)21-10-6-5-7-11-21;2*1-2/h3-7,9-13,18H,2,8,14-17H2,1H3;2*1-2H3/b9-3-;;. The van der Waals surface area contributed by atoms with Crippen LogP contribution in [0.15, 0.2) is 61.2 Å². The lowest BCUT2D eigenvalue weighted by Crippen LogP contribution is -2.37. The summed E-state index contributed by atoms with van der Waals surface area (Å²) in [6.45, 7) is 16.2. The van der Waals surface area contributed by atoms with E-state index in [1.807, 2.05) is 105 Å². The number of nitrogens with zero attached hydrogens (tertiary/aromatic N) is 2. The van der Waals surface area contributed by atoms with E-state index in [-0.39, 0.29) is 11.8 Å². The van der Waals surface area contributed by atoms with Crippen molar-refractivity contribution < 1.29 is 9.59 Å². The van der Waals surface area contributed by atoms with Crippen molar-refractivity contribution in [1.29, 1.82) is 0 Å². The zero-order chi connectivity index (χ0) is 23.9. The molecular weight excluding hydrogens is 396 g/mol. The molecule has 0 radical (unpaired) electrons. The van der Waals surface area contributed by atoms with E-state index in [1.165, 1.54) is 0 Å². The van der Waals surface area contributed by atoms with Crippen molar-refractivity contribution in [2.45, 2.75) is 41.0 Å². The fourth-order valence-electron chi connectivity index (χ4n) is 3.49. The first-order valence-electron chi connectivity index (χ1n) is 11.7. The second-order valence-corrected chi connectivity index (χ2v) is 6.85. The molecule has 0 N–H and O–H groups in total. The van der Waals surface area contributed by atoms with Gasteiger partial charge in [-0.3, -0.25) is 9.59 Å². The minimum atomic E-state index is 0.00383. The van der Waals surface area contributed by atoms with E-state index in [1.54, 1.807) is 6.08 Å². The molecule has 3 rings (SSSR count). The second-order valence-electron chi connectivity index (χ2n) is 6.85. The van der Waals surface area contributed by atoms with Crippen LogP contribution in [0.1, 0.15) is 72.9 Å². The van der Waals surface area contributed by atoms with E-state index in [4.69, 9.17) is 0 Å². The molecule has 2 aromatic carbocycles. The minimum Gasteiger partial charge on any atom is -0.337 e. The van der Waals surface area contributed by atoms with Crippen LogP contribution in [0.25, 0.3) is 12.2 Å². The first kappa shape index (κ1) is 26.9. The molecule has 2 amide bonds. The summed E-state index contributed by atoms with van der Waals surface area (Å²) in [6, 6.07) is 15.0. The highest BCUT2D eigenvalue weighted by Gasteiger charge is 2.23. The van der Waals surface area contributed by atoms with Gasteiger partial charge in [0, 0.05) is 37.3 Å². The van der Waals surface area contributed by atoms with Gasteiger partial charge in [-0.15, -0.1) is 0 Å². The highest BCUT2D eigenvalue weighted by atomic mass is 16.2. The topological polar surface area (TPSA) is 40.6 Å². The Morgan fingerprint density at radius 3 is 1.88 bits per heavy atom. The Bertz CT molecular complexity index is 888. The number of hydrogen-bond acceptors (Lipinski definition) is 2. The molecule has 0 aliphatic carbocycles. The number of amides is 2. The summed E-state index contributed by atoms with van der Waals surface area (Å²) < 4.78 is 0. The lowest BCUT2D eigenvalue weighted by Gasteiger charge is -2.22. The molecule has 1 aliphatic rings.